The quantitative estimate of drug-likeness (QED) is 0.832. The van der Waals surface area contributed by atoms with Crippen LogP contribution in [0.25, 0.3) is 0 Å². The van der Waals surface area contributed by atoms with Crippen molar-refractivity contribution in [2.75, 3.05) is 13.2 Å². The second-order valence-corrected chi connectivity index (χ2v) is 4.46. The monoisotopic (exact) mass is 239 g/mol. The molecule has 0 aliphatic carbocycles. The van der Waals surface area contributed by atoms with Crippen molar-refractivity contribution in [1.29, 1.82) is 0 Å². The van der Waals surface area contributed by atoms with E-state index in [4.69, 9.17) is 5.11 Å². The Labute approximate surface area is 102 Å². The summed E-state index contributed by atoms with van der Waals surface area (Å²) in [6, 6.07) is 1.90. The largest absolute Gasteiger partial charge is 0.396 e. The summed E-state index contributed by atoms with van der Waals surface area (Å²) in [5.41, 5.74) is 1.43. The van der Waals surface area contributed by atoms with Crippen molar-refractivity contribution in [3.8, 4) is 0 Å². The number of rotatable bonds is 5. The average Bonchev–Trinajstić information content (AvgIpc) is 2.59. The van der Waals surface area contributed by atoms with Gasteiger partial charge in [-0.3, -0.25) is 9.48 Å². The summed E-state index contributed by atoms with van der Waals surface area (Å²) < 4.78 is 1.69. The van der Waals surface area contributed by atoms with Crippen molar-refractivity contribution >= 4 is 5.91 Å². The molecule has 1 rings (SSSR count). The number of nitrogens with zero attached hydrogens (tertiary/aromatic N) is 3. The highest BCUT2D eigenvalue weighted by molar-refractivity contribution is 5.92. The predicted octanol–water partition coefficient (Wildman–Crippen LogP) is 0.962. The molecule has 0 bridgehead atoms. The third-order valence-corrected chi connectivity index (χ3v) is 2.77. The summed E-state index contributed by atoms with van der Waals surface area (Å²) in [4.78, 5) is 14.0. The Hall–Kier alpha value is -1.36. The molecule has 1 N–H and O–H groups in total. The third kappa shape index (κ3) is 3.30. The van der Waals surface area contributed by atoms with Crippen molar-refractivity contribution in [3.05, 3.63) is 17.5 Å². The minimum atomic E-state index is -0.0721. The highest BCUT2D eigenvalue weighted by atomic mass is 16.3. The number of hydrogen-bond acceptors (Lipinski definition) is 3. The van der Waals surface area contributed by atoms with Crippen molar-refractivity contribution < 1.29 is 9.90 Å². The molecule has 0 aliphatic heterocycles. The molecule has 0 aromatic carbocycles. The maximum absolute atomic E-state index is 12.2. The Morgan fingerprint density at radius 3 is 2.65 bits per heavy atom. The van der Waals surface area contributed by atoms with E-state index in [0.717, 1.165) is 5.69 Å². The van der Waals surface area contributed by atoms with E-state index in [1.807, 2.05) is 27.8 Å². The van der Waals surface area contributed by atoms with E-state index in [1.165, 1.54) is 0 Å². The first-order valence-electron chi connectivity index (χ1n) is 5.89. The second kappa shape index (κ2) is 5.82. The van der Waals surface area contributed by atoms with Gasteiger partial charge in [0.15, 0.2) is 5.69 Å². The first kappa shape index (κ1) is 13.7. The van der Waals surface area contributed by atoms with Gasteiger partial charge in [-0.05, 0) is 33.3 Å². The van der Waals surface area contributed by atoms with Crippen LogP contribution in [0.15, 0.2) is 6.07 Å². The topological polar surface area (TPSA) is 58.4 Å². The minimum Gasteiger partial charge on any atom is -0.396 e. The number of aliphatic hydroxyl groups excluding tert-OH is 1. The van der Waals surface area contributed by atoms with Crippen LogP contribution in [0.4, 0.5) is 0 Å². The van der Waals surface area contributed by atoms with Gasteiger partial charge < -0.3 is 10.0 Å². The van der Waals surface area contributed by atoms with E-state index in [2.05, 4.69) is 5.10 Å². The van der Waals surface area contributed by atoms with Gasteiger partial charge in [-0.2, -0.15) is 5.10 Å². The molecule has 0 radical (unpaired) electrons. The van der Waals surface area contributed by atoms with Gasteiger partial charge in [0.1, 0.15) is 0 Å². The zero-order valence-electron chi connectivity index (χ0n) is 11.0. The van der Waals surface area contributed by atoms with Crippen LogP contribution in [0, 0.1) is 6.92 Å². The van der Waals surface area contributed by atoms with Crippen molar-refractivity contribution in [3.63, 3.8) is 0 Å². The highest BCUT2D eigenvalue weighted by Gasteiger charge is 2.20. The van der Waals surface area contributed by atoms with Crippen LogP contribution in [0.1, 0.15) is 36.5 Å². The van der Waals surface area contributed by atoms with E-state index >= 15 is 0 Å². The van der Waals surface area contributed by atoms with Crippen molar-refractivity contribution in [1.82, 2.24) is 14.7 Å². The Kier molecular flexibility index (Phi) is 4.69. The number of carbonyl (C=O) groups is 1. The van der Waals surface area contributed by atoms with Crippen molar-refractivity contribution in [2.45, 2.75) is 33.2 Å². The molecule has 0 saturated heterocycles. The Morgan fingerprint density at radius 1 is 1.59 bits per heavy atom. The molecule has 1 aromatic rings. The number of aryl methyl sites for hydroxylation is 2. The molecule has 96 valence electrons. The molecular formula is C12H21N3O2. The molecule has 0 spiro atoms. The molecule has 5 heteroatoms. The van der Waals surface area contributed by atoms with Gasteiger partial charge in [-0.1, -0.05) is 0 Å². The first-order valence-corrected chi connectivity index (χ1v) is 5.89. The van der Waals surface area contributed by atoms with E-state index in [9.17, 15) is 4.79 Å². The molecule has 0 saturated carbocycles. The van der Waals surface area contributed by atoms with Crippen LogP contribution in [-0.2, 0) is 7.05 Å². The Bertz CT molecular complexity index is 366. The molecule has 1 aromatic heterocycles. The summed E-state index contributed by atoms with van der Waals surface area (Å²) >= 11 is 0. The predicted molar refractivity (Wildman–Crippen MR) is 65.8 cm³/mol. The van der Waals surface area contributed by atoms with Crippen LogP contribution in [0.5, 0.6) is 0 Å². The number of amides is 1. The van der Waals surface area contributed by atoms with E-state index in [1.54, 1.807) is 15.6 Å². The molecule has 0 atom stereocenters. The maximum atomic E-state index is 12.2. The zero-order chi connectivity index (χ0) is 13.0. The van der Waals surface area contributed by atoms with E-state index in [-0.39, 0.29) is 18.6 Å². The molecule has 0 fully saturated rings. The van der Waals surface area contributed by atoms with E-state index < -0.39 is 0 Å². The summed E-state index contributed by atoms with van der Waals surface area (Å²) in [5.74, 6) is -0.0721. The Morgan fingerprint density at radius 2 is 2.24 bits per heavy atom. The van der Waals surface area contributed by atoms with Crippen LogP contribution in [0.3, 0.4) is 0 Å². The van der Waals surface area contributed by atoms with Gasteiger partial charge in [-0.15, -0.1) is 0 Å². The fourth-order valence-corrected chi connectivity index (χ4v) is 1.65. The molecular weight excluding hydrogens is 218 g/mol. The molecule has 5 nitrogen and oxygen atoms in total. The average molecular weight is 239 g/mol. The summed E-state index contributed by atoms with van der Waals surface area (Å²) in [7, 11) is 1.82. The minimum absolute atomic E-state index is 0.0721. The van der Waals surface area contributed by atoms with Crippen LogP contribution >= 0.6 is 0 Å². The normalized spacial score (nSPS) is 10.9. The van der Waals surface area contributed by atoms with E-state index in [0.29, 0.717) is 18.7 Å². The SMILES string of the molecule is Cc1cc(C(=O)N(CCCO)C(C)C)nn1C. The molecule has 0 unspecified atom stereocenters. The standard InChI is InChI=1S/C12H21N3O2/c1-9(2)15(6-5-7-16)12(17)11-8-10(3)14(4)13-11/h8-9,16H,5-7H2,1-4H3. The fourth-order valence-electron chi connectivity index (χ4n) is 1.65. The van der Waals surface area contributed by atoms with Gasteiger partial charge in [-0.25, -0.2) is 0 Å². The highest BCUT2D eigenvalue weighted by Crippen LogP contribution is 2.09. The number of carbonyl (C=O) groups excluding carboxylic acids is 1. The molecule has 1 heterocycles. The number of hydrogen-bond donors (Lipinski definition) is 1. The lowest BCUT2D eigenvalue weighted by Gasteiger charge is -2.25. The van der Waals surface area contributed by atoms with Crippen LogP contribution in [-0.4, -0.2) is 44.9 Å². The fraction of sp³-hybridized carbons (Fsp3) is 0.667. The Balaban J connectivity index is 2.84. The summed E-state index contributed by atoms with van der Waals surface area (Å²) in [6.07, 6.45) is 0.593. The lowest BCUT2D eigenvalue weighted by molar-refractivity contribution is 0.0686. The number of aliphatic hydroxyl groups is 1. The lowest BCUT2D eigenvalue weighted by Crippen LogP contribution is -2.38. The second-order valence-electron chi connectivity index (χ2n) is 4.46. The molecule has 0 aliphatic rings. The van der Waals surface area contributed by atoms with Crippen molar-refractivity contribution in [2.24, 2.45) is 7.05 Å². The maximum Gasteiger partial charge on any atom is 0.274 e. The lowest BCUT2D eigenvalue weighted by atomic mass is 10.2. The van der Waals surface area contributed by atoms with Gasteiger partial charge in [0, 0.05) is 31.9 Å². The molecule has 17 heavy (non-hydrogen) atoms. The smallest absolute Gasteiger partial charge is 0.274 e. The third-order valence-electron chi connectivity index (χ3n) is 2.77. The van der Waals surface area contributed by atoms with Gasteiger partial charge >= 0.3 is 0 Å². The molecule has 1 amide bonds. The van der Waals surface area contributed by atoms with Gasteiger partial charge in [0.2, 0.25) is 0 Å². The van der Waals surface area contributed by atoms with Gasteiger partial charge in [0.25, 0.3) is 5.91 Å². The first-order chi connectivity index (χ1) is 7.97. The summed E-state index contributed by atoms with van der Waals surface area (Å²) in [5, 5.41) is 13.0. The van der Waals surface area contributed by atoms with Crippen LogP contribution in [0.2, 0.25) is 0 Å². The summed E-state index contributed by atoms with van der Waals surface area (Å²) in [6.45, 7) is 6.49. The van der Waals surface area contributed by atoms with Crippen LogP contribution < -0.4 is 0 Å². The zero-order valence-corrected chi connectivity index (χ0v) is 11.0. The number of aromatic nitrogens is 2. The van der Waals surface area contributed by atoms with Gasteiger partial charge in [0.05, 0.1) is 0 Å².